The maximum absolute atomic E-state index is 5.68. The number of pyridine rings is 2. The standard InChI is InChI=1S/C8H7N3.ClH/c9-7-1-4-11-8-2-3-10-5-6(7)8;/h1-5H,(H2,9,11);1H. The van der Waals surface area contributed by atoms with Crippen LogP contribution in [0.25, 0.3) is 10.9 Å². The van der Waals surface area contributed by atoms with Crippen LogP contribution in [0.3, 0.4) is 0 Å². The van der Waals surface area contributed by atoms with Gasteiger partial charge in [0.25, 0.3) is 0 Å². The second kappa shape index (κ2) is 3.36. The average Bonchev–Trinajstić information content (AvgIpc) is 2.06. The minimum absolute atomic E-state index is 0. The van der Waals surface area contributed by atoms with Crippen molar-refractivity contribution in [2.24, 2.45) is 0 Å². The highest BCUT2D eigenvalue weighted by Gasteiger charge is 1.95. The molecule has 2 N–H and O–H groups in total. The van der Waals surface area contributed by atoms with Gasteiger partial charge in [-0.15, -0.1) is 12.4 Å². The monoisotopic (exact) mass is 181 g/mol. The molecule has 0 aliphatic rings. The SMILES string of the molecule is Cl.Nc1ccnc2ccncc12. The fourth-order valence-electron chi connectivity index (χ4n) is 1.01. The van der Waals surface area contributed by atoms with Gasteiger partial charge in [-0.3, -0.25) is 9.97 Å². The van der Waals surface area contributed by atoms with Crippen LogP contribution >= 0.6 is 12.4 Å². The van der Waals surface area contributed by atoms with Crippen LogP contribution < -0.4 is 5.73 Å². The van der Waals surface area contributed by atoms with Gasteiger partial charge in [0.15, 0.2) is 0 Å². The van der Waals surface area contributed by atoms with Gasteiger partial charge in [0, 0.05) is 29.7 Å². The third-order valence-electron chi connectivity index (χ3n) is 1.58. The van der Waals surface area contributed by atoms with E-state index in [1.807, 2.05) is 6.07 Å². The molecule has 0 bridgehead atoms. The van der Waals surface area contributed by atoms with Gasteiger partial charge in [-0.05, 0) is 12.1 Å². The summed E-state index contributed by atoms with van der Waals surface area (Å²) in [5.41, 5.74) is 7.29. The van der Waals surface area contributed by atoms with Gasteiger partial charge in [0.05, 0.1) is 5.52 Å². The molecule has 0 fully saturated rings. The molecule has 0 unspecified atom stereocenters. The van der Waals surface area contributed by atoms with Gasteiger partial charge >= 0.3 is 0 Å². The Kier molecular flexibility index (Phi) is 2.45. The highest BCUT2D eigenvalue weighted by Crippen LogP contribution is 2.15. The number of hydrogen-bond acceptors (Lipinski definition) is 3. The number of rotatable bonds is 0. The van der Waals surface area contributed by atoms with Gasteiger partial charge in [-0.1, -0.05) is 0 Å². The zero-order chi connectivity index (χ0) is 7.68. The number of fused-ring (bicyclic) bond motifs is 1. The minimum Gasteiger partial charge on any atom is -0.398 e. The molecule has 0 aliphatic heterocycles. The van der Waals surface area contributed by atoms with E-state index in [1.165, 1.54) is 0 Å². The third-order valence-corrected chi connectivity index (χ3v) is 1.58. The summed E-state index contributed by atoms with van der Waals surface area (Å²) in [5.74, 6) is 0. The van der Waals surface area contributed by atoms with E-state index in [4.69, 9.17) is 5.73 Å². The van der Waals surface area contributed by atoms with Crippen LogP contribution in [0.5, 0.6) is 0 Å². The van der Waals surface area contributed by atoms with Gasteiger partial charge < -0.3 is 5.73 Å². The van der Waals surface area contributed by atoms with Crippen LogP contribution in [-0.4, -0.2) is 9.97 Å². The molecule has 0 amide bonds. The molecule has 4 heteroatoms. The van der Waals surface area contributed by atoms with Crippen molar-refractivity contribution in [2.45, 2.75) is 0 Å². The predicted molar refractivity (Wildman–Crippen MR) is 51.2 cm³/mol. The molecular formula is C8H8ClN3. The molecule has 0 atom stereocenters. The summed E-state index contributed by atoms with van der Waals surface area (Å²) in [6, 6.07) is 3.61. The van der Waals surface area contributed by atoms with Crippen molar-refractivity contribution in [1.82, 2.24) is 9.97 Å². The van der Waals surface area contributed by atoms with Crippen LogP contribution in [0.4, 0.5) is 5.69 Å². The van der Waals surface area contributed by atoms with E-state index >= 15 is 0 Å². The molecule has 2 rings (SSSR count). The fourth-order valence-corrected chi connectivity index (χ4v) is 1.01. The van der Waals surface area contributed by atoms with Gasteiger partial charge in [-0.25, -0.2) is 0 Å². The molecule has 0 aromatic carbocycles. The molecule has 2 aromatic rings. The Balaban J connectivity index is 0.000000720. The second-order valence-electron chi connectivity index (χ2n) is 2.29. The topological polar surface area (TPSA) is 51.8 Å². The van der Waals surface area contributed by atoms with Crippen molar-refractivity contribution in [3.8, 4) is 0 Å². The number of halogens is 1. The summed E-state index contributed by atoms with van der Waals surface area (Å²) in [6.45, 7) is 0. The summed E-state index contributed by atoms with van der Waals surface area (Å²) in [4.78, 5) is 8.08. The Morgan fingerprint density at radius 1 is 1.17 bits per heavy atom. The Hall–Kier alpha value is -1.35. The maximum atomic E-state index is 5.68. The Morgan fingerprint density at radius 2 is 2.00 bits per heavy atom. The Morgan fingerprint density at radius 3 is 2.75 bits per heavy atom. The quantitative estimate of drug-likeness (QED) is 0.672. The molecule has 0 spiro atoms. The molecule has 2 aromatic heterocycles. The van der Waals surface area contributed by atoms with Gasteiger partial charge in [0.1, 0.15) is 0 Å². The molecule has 0 saturated heterocycles. The van der Waals surface area contributed by atoms with Crippen LogP contribution in [0.15, 0.2) is 30.7 Å². The summed E-state index contributed by atoms with van der Waals surface area (Å²) in [5, 5.41) is 0.912. The molecular weight excluding hydrogens is 174 g/mol. The molecule has 2 heterocycles. The maximum Gasteiger partial charge on any atom is 0.0753 e. The number of nitrogens with zero attached hydrogens (tertiary/aromatic N) is 2. The lowest BCUT2D eigenvalue weighted by molar-refractivity contribution is 1.33. The van der Waals surface area contributed by atoms with Crippen molar-refractivity contribution in [3.05, 3.63) is 30.7 Å². The molecule has 3 nitrogen and oxygen atoms in total. The fraction of sp³-hybridized carbons (Fsp3) is 0. The average molecular weight is 182 g/mol. The number of hydrogen-bond donors (Lipinski definition) is 1. The lowest BCUT2D eigenvalue weighted by Gasteiger charge is -1.97. The number of aromatic nitrogens is 2. The first kappa shape index (κ1) is 8.74. The molecule has 12 heavy (non-hydrogen) atoms. The lowest BCUT2D eigenvalue weighted by Crippen LogP contribution is -1.88. The van der Waals surface area contributed by atoms with Crippen LogP contribution in [-0.2, 0) is 0 Å². The third kappa shape index (κ3) is 1.31. The van der Waals surface area contributed by atoms with E-state index in [0.717, 1.165) is 16.6 Å². The Labute approximate surface area is 76.0 Å². The van der Waals surface area contributed by atoms with E-state index in [-0.39, 0.29) is 12.4 Å². The van der Waals surface area contributed by atoms with E-state index in [0.29, 0.717) is 0 Å². The predicted octanol–water partition coefficient (Wildman–Crippen LogP) is 1.63. The zero-order valence-electron chi connectivity index (χ0n) is 6.27. The smallest absolute Gasteiger partial charge is 0.0753 e. The first-order chi connectivity index (χ1) is 5.38. The van der Waals surface area contributed by atoms with Crippen molar-refractivity contribution in [2.75, 3.05) is 5.73 Å². The summed E-state index contributed by atoms with van der Waals surface area (Å²) < 4.78 is 0. The molecule has 0 radical (unpaired) electrons. The first-order valence-corrected chi connectivity index (χ1v) is 3.32. The van der Waals surface area contributed by atoms with Crippen LogP contribution in [0.2, 0.25) is 0 Å². The Bertz CT molecular complexity index is 383. The van der Waals surface area contributed by atoms with E-state index in [9.17, 15) is 0 Å². The van der Waals surface area contributed by atoms with E-state index in [1.54, 1.807) is 24.7 Å². The normalized spacial score (nSPS) is 9.33. The largest absolute Gasteiger partial charge is 0.398 e. The van der Waals surface area contributed by atoms with Gasteiger partial charge in [0.2, 0.25) is 0 Å². The van der Waals surface area contributed by atoms with Crippen molar-refractivity contribution >= 4 is 29.0 Å². The summed E-state index contributed by atoms with van der Waals surface area (Å²) in [6.07, 6.45) is 5.12. The van der Waals surface area contributed by atoms with Crippen molar-refractivity contribution in [3.63, 3.8) is 0 Å². The molecule has 62 valence electrons. The summed E-state index contributed by atoms with van der Waals surface area (Å²) in [7, 11) is 0. The minimum atomic E-state index is 0. The highest BCUT2D eigenvalue weighted by molar-refractivity contribution is 5.88. The van der Waals surface area contributed by atoms with Gasteiger partial charge in [-0.2, -0.15) is 0 Å². The molecule has 0 aliphatic carbocycles. The van der Waals surface area contributed by atoms with Crippen LogP contribution in [0, 0.1) is 0 Å². The zero-order valence-corrected chi connectivity index (χ0v) is 7.08. The molecule has 0 saturated carbocycles. The van der Waals surface area contributed by atoms with Crippen molar-refractivity contribution < 1.29 is 0 Å². The highest BCUT2D eigenvalue weighted by atomic mass is 35.5. The number of nitrogens with two attached hydrogens (primary N) is 1. The lowest BCUT2D eigenvalue weighted by atomic mass is 10.2. The van der Waals surface area contributed by atoms with E-state index in [2.05, 4.69) is 9.97 Å². The number of nitrogen functional groups attached to an aromatic ring is 1. The second-order valence-corrected chi connectivity index (χ2v) is 2.29. The van der Waals surface area contributed by atoms with E-state index < -0.39 is 0 Å². The van der Waals surface area contributed by atoms with Crippen LogP contribution in [0.1, 0.15) is 0 Å². The van der Waals surface area contributed by atoms with Crippen molar-refractivity contribution in [1.29, 1.82) is 0 Å². The first-order valence-electron chi connectivity index (χ1n) is 3.32. The summed E-state index contributed by atoms with van der Waals surface area (Å²) >= 11 is 0. The number of anilines is 1.